The molecule has 2 rings (SSSR count). The van der Waals surface area contributed by atoms with Gasteiger partial charge in [0, 0.05) is 30.6 Å². The maximum atomic E-state index is 12.4. The van der Waals surface area contributed by atoms with E-state index in [1.165, 1.54) is 10.4 Å². The average Bonchev–Trinajstić information content (AvgIpc) is 2.84. The van der Waals surface area contributed by atoms with Crippen LogP contribution in [0.3, 0.4) is 0 Å². The van der Waals surface area contributed by atoms with Crippen LogP contribution in [0.1, 0.15) is 31.2 Å². The molecule has 1 aromatic rings. The summed E-state index contributed by atoms with van der Waals surface area (Å²) in [5, 5.41) is 11.6. The predicted octanol–water partition coefficient (Wildman–Crippen LogP) is 1.72. The van der Waals surface area contributed by atoms with E-state index in [0.29, 0.717) is 13.1 Å². The van der Waals surface area contributed by atoms with Crippen molar-refractivity contribution in [2.75, 3.05) is 19.6 Å². The van der Waals surface area contributed by atoms with E-state index in [1.807, 2.05) is 9.80 Å². The first-order valence-corrected chi connectivity index (χ1v) is 8.10. The van der Waals surface area contributed by atoms with Gasteiger partial charge in [-0.2, -0.15) is 0 Å². The molecule has 0 saturated heterocycles. The molecular formula is C15H24N2O2S. The van der Waals surface area contributed by atoms with Crippen LogP contribution in [-0.2, 0) is 17.8 Å². The fourth-order valence-electron chi connectivity index (χ4n) is 2.53. The van der Waals surface area contributed by atoms with Gasteiger partial charge in [0.05, 0.1) is 12.6 Å². The molecule has 20 heavy (non-hydrogen) atoms. The van der Waals surface area contributed by atoms with Gasteiger partial charge in [-0.05, 0) is 44.2 Å². The third-order valence-electron chi connectivity index (χ3n) is 3.73. The average molecular weight is 296 g/mol. The molecule has 0 aliphatic carbocycles. The fourth-order valence-corrected chi connectivity index (χ4v) is 3.42. The zero-order valence-electron chi connectivity index (χ0n) is 12.5. The Bertz CT molecular complexity index is 456. The van der Waals surface area contributed by atoms with Gasteiger partial charge in [0.1, 0.15) is 0 Å². The van der Waals surface area contributed by atoms with Crippen molar-refractivity contribution in [2.24, 2.45) is 0 Å². The van der Waals surface area contributed by atoms with Gasteiger partial charge in [0.2, 0.25) is 5.91 Å². The summed E-state index contributed by atoms with van der Waals surface area (Å²) in [4.78, 5) is 17.8. The second kappa shape index (κ2) is 6.70. The van der Waals surface area contributed by atoms with Crippen LogP contribution in [0.5, 0.6) is 0 Å². The van der Waals surface area contributed by atoms with Gasteiger partial charge in [-0.25, -0.2) is 0 Å². The third kappa shape index (κ3) is 3.81. The van der Waals surface area contributed by atoms with E-state index in [1.54, 1.807) is 18.3 Å². The Kier molecular flexibility index (Phi) is 5.18. The van der Waals surface area contributed by atoms with Crippen molar-refractivity contribution in [1.29, 1.82) is 0 Å². The molecule has 0 bridgehead atoms. The van der Waals surface area contributed by atoms with E-state index in [2.05, 4.69) is 25.3 Å². The first kappa shape index (κ1) is 15.5. The molecule has 1 aliphatic heterocycles. The minimum absolute atomic E-state index is 0.163. The molecule has 1 amide bonds. The number of thiophene rings is 1. The van der Waals surface area contributed by atoms with E-state index >= 15 is 0 Å². The molecule has 1 unspecified atom stereocenters. The Balaban J connectivity index is 1.94. The quantitative estimate of drug-likeness (QED) is 0.900. The SMILES string of the molecule is CC(O)CN(CC(=O)N1CCc2sccc2C1)C(C)C. The van der Waals surface area contributed by atoms with Gasteiger partial charge in [0.15, 0.2) is 0 Å². The topological polar surface area (TPSA) is 43.8 Å². The van der Waals surface area contributed by atoms with Crippen LogP contribution in [-0.4, -0.2) is 52.6 Å². The standard InChI is InChI=1S/C15H24N2O2S/c1-11(2)17(8-12(3)18)10-15(19)16-6-4-14-13(9-16)5-7-20-14/h5,7,11-12,18H,4,6,8-10H2,1-3H3. The molecule has 1 atom stereocenters. The number of carbonyl (C=O) groups excluding carboxylic acids is 1. The number of fused-ring (bicyclic) bond motifs is 1. The Morgan fingerprint density at radius 1 is 1.50 bits per heavy atom. The Morgan fingerprint density at radius 3 is 2.90 bits per heavy atom. The number of hydrogen-bond donors (Lipinski definition) is 1. The maximum absolute atomic E-state index is 12.4. The van der Waals surface area contributed by atoms with Crippen molar-refractivity contribution >= 4 is 17.2 Å². The first-order valence-electron chi connectivity index (χ1n) is 7.22. The highest BCUT2D eigenvalue weighted by molar-refractivity contribution is 7.10. The van der Waals surface area contributed by atoms with Gasteiger partial charge in [-0.1, -0.05) is 0 Å². The highest BCUT2D eigenvalue weighted by Gasteiger charge is 2.24. The second-order valence-corrected chi connectivity index (χ2v) is 6.81. The molecule has 2 heterocycles. The minimum Gasteiger partial charge on any atom is -0.392 e. The van der Waals surface area contributed by atoms with Crippen molar-refractivity contribution in [2.45, 2.75) is 45.9 Å². The molecule has 1 aliphatic rings. The Hall–Kier alpha value is -0.910. The van der Waals surface area contributed by atoms with Crippen LogP contribution in [0.15, 0.2) is 11.4 Å². The van der Waals surface area contributed by atoms with Crippen molar-refractivity contribution in [3.8, 4) is 0 Å². The van der Waals surface area contributed by atoms with Crippen molar-refractivity contribution in [3.63, 3.8) is 0 Å². The number of aliphatic hydroxyl groups excluding tert-OH is 1. The van der Waals surface area contributed by atoms with Crippen molar-refractivity contribution < 1.29 is 9.90 Å². The minimum atomic E-state index is -0.407. The molecule has 1 N–H and O–H groups in total. The largest absolute Gasteiger partial charge is 0.392 e. The van der Waals surface area contributed by atoms with E-state index in [9.17, 15) is 9.90 Å². The molecule has 0 fully saturated rings. The molecule has 112 valence electrons. The van der Waals surface area contributed by atoms with Gasteiger partial charge in [-0.15, -0.1) is 11.3 Å². The third-order valence-corrected chi connectivity index (χ3v) is 4.75. The summed E-state index contributed by atoms with van der Waals surface area (Å²) >= 11 is 1.78. The first-order chi connectivity index (χ1) is 9.47. The predicted molar refractivity (Wildman–Crippen MR) is 81.8 cm³/mol. The number of aliphatic hydroxyl groups is 1. The summed E-state index contributed by atoms with van der Waals surface area (Å²) in [7, 11) is 0. The molecular weight excluding hydrogens is 272 g/mol. The highest BCUT2D eigenvalue weighted by atomic mass is 32.1. The van der Waals surface area contributed by atoms with E-state index in [0.717, 1.165) is 19.5 Å². The molecule has 1 aromatic heterocycles. The van der Waals surface area contributed by atoms with Gasteiger partial charge < -0.3 is 10.0 Å². The Morgan fingerprint density at radius 2 is 2.25 bits per heavy atom. The Labute approximate surface area is 125 Å². The van der Waals surface area contributed by atoms with E-state index in [4.69, 9.17) is 0 Å². The lowest BCUT2D eigenvalue weighted by molar-refractivity contribution is -0.134. The van der Waals surface area contributed by atoms with Crippen LogP contribution >= 0.6 is 11.3 Å². The monoisotopic (exact) mass is 296 g/mol. The smallest absolute Gasteiger partial charge is 0.237 e. The number of rotatable bonds is 5. The normalized spacial score (nSPS) is 16.6. The van der Waals surface area contributed by atoms with Crippen LogP contribution in [0.25, 0.3) is 0 Å². The fraction of sp³-hybridized carbons (Fsp3) is 0.667. The summed E-state index contributed by atoms with van der Waals surface area (Å²) in [6.45, 7) is 8.36. The lowest BCUT2D eigenvalue weighted by atomic mass is 10.1. The molecule has 5 heteroatoms. The molecule has 0 saturated carbocycles. The zero-order chi connectivity index (χ0) is 14.7. The van der Waals surface area contributed by atoms with E-state index in [-0.39, 0.29) is 11.9 Å². The number of nitrogens with zero attached hydrogens (tertiary/aromatic N) is 2. The number of amides is 1. The molecule has 0 spiro atoms. The second-order valence-electron chi connectivity index (χ2n) is 5.81. The van der Waals surface area contributed by atoms with Crippen LogP contribution in [0.4, 0.5) is 0 Å². The van der Waals surface area contributed by atoms with Gasteiger partial charge in [-0.3, -0.25) is 9.69 Å². The summed E-state index contributed by atoms with van der Waals surface area (Å²) < 4.78 is 0. The number of hydrogen-bond acceptors (Lipinski definition) is 4. The molecule has 0 aromatic carbocycles. The van der Waals surface area contributed by atoms with Gasteiger partial charge >= 0.3 is 0 Å². The summed E-state index contributed by atoms with van der Waals surface area (Å²) in [6, 6.07) is 2.38. The summed E-state index contributed by atoms with van der Waals surface area (Å²) in [6.07, 6.45) is 0.562. The van der Waals surface area contributed by atoms with Crippen LogP contribution in [0, 0.1) is 0 Å². The van der Waals surface area contributed by atoms with Crippen LogP contribution < -0.4 is 0 Å². The van der Waals surface area contributed by atoms with Crippen molar-refractivity contribution in [3.05, 3.63) is 21.9 Å². The molecule has 4 nitrogen and oxygen atoms in total. The molecule has 0 radical (unpaired) electrons. The lowest BCUT2D eigenvalue weighted by Crippen LogP contribution is -2.46. The zero-order valence-corrected chi connectivity index (χ0v) is 13.3. The van der Waals surface area contributed by atoms with Gasteiger partial charge in [0.25, 0.3) is 0 Å². The maximum Gasteiger partial charge on any atom is 0.237 e. The van der Waals surface area contributed by atoms with Crippen molar-refractivity contribution in [1.82, 2.24) is 9.80 Å². The number of carbonyl (C=O) groups is 1. The summed E-state index contributed by atoms with van der Waals surface area (Å²) in [5.74, 6) is 0.163. The lowest BCUT2D eigenvalue weighted by Gasteiger charge is -2.32. The van der Waals surface area contributed by atoms with E-state index < -0.39 is 6.10 Å². The van der Waals surface area contributed by atoms with Crippen LogP contribution in [0.2, 0.25) is 0 Å². The summed E-state index contributed by atoms with van der Waals surface area (Å²) in [5.41, 5.74) is 1.29. The highest BCUT2D eigenvalue weighted by Crippen LogP contribution is 2.24.